The van der Waals surface area contributed by atoms with Crippen LogP contribution < -0.4 is 5.32 Å². The van der Waals surface area contributed by atoms with Crippen LogP contribution in [0, 0.1) is 0 Å². The van der Waals surface area contributed by atoms with E-state index < -0.39 is 0 Å². The van der Waals surface area contributed by atoms with Gasteiger partial charge in [-0.15, -0.1) is 11.3 Å². The van der Waals surface area contributed by atoms with Gasteiger partial charge in [0.2, 0.25) is 0 Å². The maximum atomic E-state index is 5.70. The van der Waals surface area contributed by atoms with Gasteiger partial charge in [0.1, 0.15) is 0 Å². The van der Waals surface area contributed by atoms with Gasteiger partial charge in [-0.05, 0) is 52.4 Å². The number of halogens is 1. The van der Waals surface area contributed by atoms with Gasteiger partial charge in [0, 0.05) is 37.3 Å². The SMILES string of the molecule is S=C1N[C@H](c2ccccn2)[C@@H](c2ccc(Br)s2)N1CCN1CCOCC1. The summed E-state index contributed by atoms with van der Waals surface area (Å²) in [6, 6.07) is 10.6. The Morgan fingerprint density at radius 2 is 2.08 bits per heavy atom. The summed E-state index contributed by atoms with van der Waals surface area (Å²) in [5, 5.41) is 4.32. The van der Waals surface area contributed by atoms with E-state index in [2.05, 4.69) is 54.2 Å². The molecule has 0 unspecified atom stereocenters. The molecule has 4 heterocycles. The van der Waals surface area contributed by atoms with E-state index in [1.54, 1.807) is 11.3 Å². The first-order chi connectivity index (χ1) is 12.7. The number of nitrogens with zero attached hydrogens (tertiary/aromatic N) is 3. The lowest BCUT2D eigenvalue weighted by atomic mass is 10.0. The molecule has 0 bridgehead atoms. The molecule has 8 heteroatoms. The molecule has 138 valence electrons. The molecule has 2 fully saturated rings. The second-order valence-corrected chi connectivity index (χ2v) is 9.30. The largest absolute Gasteiger partial charge is 0.379 e. The molecule has 0 aromatic carbocycles. The standard InChI is InChI=1S/C18H21BrN4OS2/c19-15-5-4-14(26-15)17-16(13-3-1-2-6-20-13)21-18(25)23(17)8-7-22-9-11-24-12-10-22/h1-6,16-17H,7-12H2,(H,21,25)/t16-,17-/m1/s1. The molecular formula is C18H21BrN4OS2. The normalized spacial score (nSPS) is 24.0. The van der Waals surface area contributed by atoms with Gasteiger partial charge in [-0.2, -0.15) is 0 Å². The molecule has 2 aromatic rings. The van der Waals surface area contributed by atoms with Crippen LogP contribution in [0.3, 0.4) is 0 Å². The van der Waals surface area contributed by atoms with E-state index in [0.717, 1.165) is 54.0 Å². The Labute approximate surface area is 171 Å². The summed E-state index contributed by atoms with van der Waals surface area (Å²) in [6.07, 6.45) is 1.85. The number of pyridine rings is 1. The first-order valence-electron chi connectivity index (χ1n) is 8.76. The highest BCUT2D eigenvalue weighted by Gasteiger charge is 2.40. The summed E-state index contributed by atoms with van der Waals surface area (Å²) in [7, 11) is 0. The zero-order valence-electron chi connectivity index (χ0n) is 14.3. The summed E-state index contributed by atoms with van der Waals surface area (Å²) in [4.78, 5) is 10.6. The molecule has 1 N–H and O–H groups in total. The van der Waals surface area contributed by atoms with E-state index in [4.69, 9.17) is 17.0 Å². The van der Waals surface area contributed by atoms with Crippen molar-refractivity contribution in [3.63, 3.8) is 0 Å². The molecular weight excluding hydrogens is 432 g/mol. The van der Waals surface area contributed by atoms with Crippen molar-refractivity contribution >= 4 is 44.6 Å². The fraction of sp³-hybridized carbons (Fsp3) is 0.444. The third-order valence-corrected chi connectivity index (χ3v) is 6.89. The van der Waals surface area contributed by atoms with E-state index in [0.29, 0.717) is 0 Å². The lowest BCUT2D eigenvalue weighted by Gasteiger charge is -2.31. The van der Waals surface area contributed by atoms with Crippen LogP contribution in [-0.2, 0) is 4.74 Å². The molecule has 4 rings (SSSR count). The highest BCUT2D eigenvalue weighted by atomic mass is 79.9. The monoisotopic (exact) mass is 452 g/mol. The summed E-state index contributed by atoms with van der Waals surface area (Å²) in [6.45, 7) is 5.51. The second-order valence-electron chi connectivity index (χ2n) is 6.42. The molecule has 2 aliphatic heterocycles. The van der Waals surface area contributed by atoms with Gasteiger partial charge < -0.3 is 15.0 Å². The van der Waals surface area contributed by atoms with E-state index in [-0.39, 0.29) is 12.1 Å². The Kier molecular flexibility index (Phi) is 5.85. The Hall–Kier alpha value is -1.06. The summed E-state index contributed by atoms with van der Waals surface area (Å²) < 4.78 is 6.59. The number of rotatable bonds is 5. The first-order valence-corrected chi connectivity index (χ1v) is 10.8. The van der Waals surface area contributed by atoms with Gasteiger partial charge in [0.15, 0.2) is 5.11 Å². The molecule has 2 aliphatic rings. The Bertz CT molecular complexity index is 751. The molecule has 0 radical (unpaired) electrons. The smallest absolute Gasteiger partial charge is 0.170 e. The molecule has 2 aromatic heterocycles. The van der Waals surface area contributed by atoms with Gasteiger partial charge in [-0.1, -0.05) is 6.07 Å². The quantitative estimate of drug-likeness (QED) is 0.702. The molecule has 0 saturated carbocycles. The molecule has 0 aliphatic carbocycles. The van der Waals surface area contributed by atoms with Crippen LogP contribution in [0.5, 0.6) is 0 Å². The minimum Gasteiger partial charge on any atom is -0.379 e. The first kappa shape index (κ1) is 18.3. The van der Waals surface area contributed by atoms with Crippen LogP contribution in [0.4, 0.5) is 0 Å². The van der Waals surface area contributed by atoms with Crippen LogP contribution in [0.2, 0.25) is 0 Å². The lowest BCUT2D eigenvalue weighted by Crippen LogP contribution is -2.42. The van der Waals surface area contributed by atoms with Crippen LogP contribution in [0.1, 0.15) is 22.7 Å². The Morgan fingerprint density at radius 1 is 1.23 bits per heavy atom. The average molecular weight is 453 g/mol. The van der Waals surface area contributed by atoms with Crippen molar-refractivity contribution in [1.82, 2.24) is 20.1 Å². The number of thiophene rings is 1. The predicted octanol–water partition coefficient (Wildman–Crippen LogP) is 3.21. The summed E-state index contributed by atoms with van der Waals surface area (Å²) in [5.41, 5.74) is 1.03. The number of thiocarbonyl (C=S) groups is 1. The Morgan fingerprint density at radius 3 is 2.77 bits per heavy atom. The van der Waals surface area contributed by atoms with Crippen LogP contribution >= 0.6 is 39.5 Å². The highest BCUT2D eigenvalue weighted by Crippen LogP contribution is 2.42. The minimum atomic E-state index is 0.0685. The van der Waals surface area contributed by atoms with Crippen LogP contribution in [0.25, 0.3) is 0 Å². The van der Waals surface area contributed by atoms with Crippen molar-refractivity contribution in [1.29, 1.82) is 0 Å². The molecule has 2 atom stereocenters. The van der Waals surface area contributed by atoms with Crippen molar-refractivity contribution < 1.29 is 4.74 Å². The zero-order valence-corrected chi connectivity index (χ0v) is 17.5. The third kappa shape index (κ3) is 3.94. The van der Waals surface area contributed by atoms with Gasteiger partial charge in [-0.25, -0.2) is 0 Å². The molecule has 0 spiro atoms. The van der Waals surface area contributed by atoms with E-state index in [1.807, 2.05) is 18.3 Å². The third-order valence-electron chi connectivity index (χ3n) is 4.84. The lowest BCUT2D eigenvalue weighted by molar-refractivity contribution is 0.0351. The molecule has 0 amide bonds. The molecule has 2 saturated heterocycles. The van der Waals surface area contributed by atoms with Crippen molar-refractivity contribution in [2.24, 2.45) is 0 Å². The van der Waals surface area contributed by atoms with E-state index in [9.17, 15) is 0 Å². The number of aromatic nitrogens is 1. The number of morpholine rings is 1. The Balaban J connectivity index is 1.57. The number of hydrogen-bond donors (Lipinski definition) is 1. The maximum Gasteiger partial charge on any atom is 0.170 e. The van der Waals surface area contributed by atoms with Gasteiger partial charge in [-0.3, -0.25) is 9.88 Å². The minimum absolute atomic E-state index is 0.0685. The topological polar surface area (TPSA) is 40.6 Å². The van der Waals surface area contributed by atoms with Crippen molar-refractivity contribution in [2.45, 2.75) is 12.1 Å². The summed E-state index contributed by atoms with van der Waals surface area (Å²) in [5.74, 6) is 0. The fourth-order valence-electron chi connectivity index (χ4n) is 3.52. The molecule has 26 heavy (non-hydrogen) atoms. The van der Waals surface area contributed by atoms with E-state index in [1.165, 1.54) is 4.88 Å². The van der Waals surface area contributed by atoms with Gasteiger partial charge >= 0.3 is 0 Å². The average Bonchev–Trinajstić information content (AvgIpc) is 3.24. The number of hydrogen-bond acceptors (Lipinski definition) is 5. The van der Waals surface area contributed by atoms with Gasteiger partial charge in [0.25, 0.3) is 0 Å². The van der Waals surface area contributed by atoms with Crippen molar-refractivity contribution in [3.8, 4) is 0 Å². The molecule has 5 nitrogen and oxygen atoms in total. The van der Waals surface area contributed by atoms with Crippen LogP contribution in [-0.4, -0.2) is 59.3 Å². The zero-order chi connectivity index (χ0) is 17.9. The van der Waals surface area contributed by atoms with Crippen molar-refractivity contribution in [2.75, 3.05) is 39.4 Å². The van der Waals surface area contributed by atoms with Crippen LogP contribution in [0.15, 0.2) is 40.3 Å². The summed E-state index contributed by atoms with van der Waals surface area (Å²) >= 11 is 11.1. The van der Waals surface area contributed by atoms with Crippen molar-refractivity contribution in [3.05, 3.63) is 50.9 Å². The highest BCUT2D eigenvalue weighted by molar-refractivity contribution is 9.11. The maximum absolute atomic E-state index is 5.70. The fourth-order valence-corrected chi connectivity index (χ4v) is 5.42. The number of nitrogens with one attached hydrogen (secondary N) is 1. The predicted molar refractivity (Wildman–Crippen MR) is 111 cm³/mol. The number of ether oxygens (including phenoxy) is 1. The van der Waals surface area contributed by atoms with E-state index >= 15 is 0 Å². The second kappa shape index (κ2) is 8.31. The van der Waals surface area contributed by atoms with Gasteiger partial charge in [0.05, 0.1) is 34.8 Å².